The zero-order valence-corrected chi connectivity index (χ0v) is 20.7. The van der Waals surface area contributed by atoms with Gasteiger partial charge in [0.1, 0.15) is 6.04 Å². The molecule has 0 aromatic rings. The van der Waals surface area contributed by atoms with Crippen LogP contribution in [0.1, 0.15) is 33.1 Å². The van der Waals surface area contributed by atoms with Crippen LogP contribution in [0.15, 0.2) is 0 Å². The second-order valence-corrected chi connectivity index (χ2v) is 11.4. The zero-order valence-electron chi connectivity index (χ0n) is 19.9. The molecule has 4 saturated heterocycles. The first-order valence-corrected chi connectivity index (χ1v) is 13.2. The molecule has 0 aliphatic carbocycles. The van der Waals surface area contributed by atoms with Crippen molar-refractivity contribution in [3.8, 4) is 0 Å². The smallest absolute Gasteiger partial charge is 0.244 e. The quantitative estimate of drug-likeness (QED) is 0.413. The number of hydrogen-bond donors (Lipinski definition) is 3. The number of fused-ring (bicyclic) bond motifs is 1. The molecule has 2 bridgehead atoms. The lowest BCUT2D eigenvalue weighted by atomic mass is 9.71. The third kappa shape index (κ3) is 4.17. The normalized spacial score (nSPS) is 35.4. The van der Waals surface area contributed by atoms with E-state index in [0.29, 0.717) is 19.8 Å². The van der Waals surface area contributed by atoms with Crippen molar-refractivity contribution in [2.45, 2.75) is 55.2 Å². The highest BCUT2D eigenvalue weighted by Gasteiger charge is 2.74. The first-order valence-electron chi connectivity index (χ1n) is 12.3. The zero-order chi connectivity index (χ0) is 23.8. The molecule has 3 N–H and O–H groups in total. The summed E-state index contributed by atoms with van der Waals surface area (Å²) in [5.41, 5.74) is 0. The van der Waals surface area contributed by atoms with Crippen molar-refractivity contribution in [1.82, 2.24) is 20.4 Å². The van der Waals surface area contributed by atoms with Crippen molar-refractivity contribution in [2.75, 3.05) is 53.0 Å². The molecule has 0 saturated carbocycles. The Bertz CT molecular complexity index is 763. The van der Waals surface area contributed by atoms with Gasteiger partial charge in [-0.05, 0) is 18.8 Å². The van der Waals surface area contributed by atoms with E-state index in [1.165, 1.54) is 0 Å². The van der Waals surface area contributed by atoms with Gasteiger partial charge in [-0.1, -0.05) is 20.3 Å². The summed E-state index contributed by atoms with van der Waals surface area (Å²) in [5, 5.41) is 16.2. The molecule has 10 heteroatoms. The van der Waals surface area contributed by atoms with Crippen LogP contribution < -0.4 is 10.6 Å². The molecule has 33 heavy (non-hydrogen) atoms. The van der Waals surface area contributed by atoms with Gasteiger partial charge in [0, 0.05) is 38.5 Å². The number of carbonyl (C=O) groups is 3. The molecule has 4 aliphatic heterocycles. The number of amides is 3. The first-order chi connectivity index (χ1) is 15.9. The standard InChI is InChI=1S/C23H38N4O5S/c1-4-14(2)15(13-28)27-19(21(30)25-7-8-26-9-11-32-12-10-26)23-6-5-16(33-23)17(20(29)24-3)18(23)22(27)31/h14-19,28H,4-13H2,1-3H3,(H,24,29)(H,25,30)/t14-,15-,16-,17+,18-,19?,23?/m0/s1. The number of aliphatic hydroxyl groups is 1. The number of thioether (sulfide) groups is 1. The number of ether oxygens (including phenoxy) is 1. The lowest BCUT2D eigenvalue weighted by molar-refractivity contribution is -0.143. The van der Waals surface area contributed by atoms with E-state index in [2.05, 4.69) is 15.5 Å². The monoisotopic (exact) mass is 482 g/mol. The molecule has 4 aliphatic rings. The Morgan fingerprint density at radius 3 is 2.67 bits per heavy atom. The molecule has 3 amide bonds. The van der Waals surface area contributed by atoms with Gasteiger partial charge in [0.25, 0.3) is 0 Å². The van der Waals surface area contributed by atoms with Crippen molar-refractivity contribution in [1.29, 1.82) is 0 Å². The van der Waals surface area contributed by atoms with Crippen molar-refractivity contribution < 1.29 is 24.2 Å². The Hall–Kier alpha value is -1.36. The molecule has 1 spiro atoms. The fourth-order valence-electron chi connectivity index (χ4n) is 6.29. The van der Waals surface area contributed by atoms with E-state index in [-0.39, 0.29) is 35.5 Å². The third-order valence-electron chi connectivity index (χ3n) is 8.21. The summed E-state index contributed by atoms with van der Waals surface area (Å²) in [7, 11) is 1.61. The van der Waals surface area contributed by atoms with E-state index in [9.17, 15) is 19.5 Å². The summed E-state index contributed by atoms with van der Waals surface area (Å²) in [6.07, 6.45) is 2.35. The van der Waals surface area contributed by atoms with Crippen LogP contribution >= 0.6 is 11.8 Å². The molecular weight excluding hydrogens is 444 g/mol. The molecule has 4 heterocycles. The number of hydrogen-bond acceptors (Lipinski definition) is 7. The second kappa shape index (κ2) is 10.1. The van der Waals surface area contributed by atoms with Gasteiger partial charge in [0.2, 0.25) is 17.7 Å². The predicted molar refractivity (Wildman–Crippen MR) is 126 cm³/mol. The molecule has 0 radical (unpaired) electrons. The van der Waals surface area contributed by atoms with Crippen LogP contribution in [0.25, 0.3) is 0 Å². The van der Waals surface area contributed by atoms with Crippen molar-refractivity contribution in [3.63, 3.8) is 0 Å². The Balaban J connectivity index is 1.60. The SMILES string of the molecule is CC[C@H](C)[C@H](CO)N1C(=O)[C@@H]2[C@H](C(=O)NC)[C@@H]3CCC2(S3)C1C(=O)NCCN1CCOCC1. The lowest BCUT2D eigenvalue weighted by Gasteiger charge is -2.39. The average Bonchev–Trinajstić information content (AvgIpc) is 3.47. The van der Waals surface area contributed by atoms with Crippen LogP contribution in [-0.4, -0.2) is 108 Å². The molecule has 2 unspecified atom stereocenters. The van der Waals surface area contributed by atoms with Crippen LogP contribution in [0.2, 0.25) is 0 Å². The first kappa shape index (κ1) is 24.8. The van der Waals surface area contributed by atoms with Crippen LogP contribution in [0, 0.1) is 17.8 Å². The number of nitrogens with one attached hydrogen (secondary N) is 2. The van der Waals surface area contributed by atoms with Crippen LogP contribution in [0.3, 0.4) is 0 Å². The maximum Gasteiger partial charge on any atom is 0.244 e. The summed E-state index contributed by atoms with van der Waals surface area (Å²) < 4.78 is 4.78. The van der Waals surface area contributed by atoms with Gasteiger partial charge in [-0.3, -0.25) is 19.3 Å². The fraction of sp³-hybridized carbons (Fsp3) is 0.870. The summed E-state index contributed by atoms with van der Waals surface area (Å²) >= 11 is 1.66. The van der Waals surface area contributed by atoms with E-state index in [1.807, 2.05) is 13.8 Å². The Kier molecular flexibility index (Phi) is 7.57. The number of carbonyl (C=O) groups excluding carboxylic acids is 3. The minimum atomic E-state index is -0.671. The van der Waals surface area contributed by atoms with Crippen LogP contribution in [0.5, 0.6) is 0 Å². The highest BCUT2D eigenvalue weighted by Crippen LogP contribution is 2.66. The van der Waals surface area contributed by atoms with Gasteiger partial charge >= 0.3 is 0 Å². The van der Waals surface area contributed by atoms with Gasteiger partial charge in [-0.2, -0.15) is 0 Å². The number of aliphatic hydroxyl groups excluding tert-OH is 1. The Morgan fingerprint density at radius 1 is 1.30 bits per heavy atom. The molecule has 7 atom stereocenters. The van der Waals surface area contributed by atoms with E-state index >= 15 is 0 Å². The maximum absolute atomic E-state index is 13.9. The maximum atomic E-state index is 13.9. The number of rotatable bonds is 9. The third-order valence-corrected chi connectivity index (χ3v) is 10.2. The van der Waals surface area contributed by atoms with E-state index in [4.69, 9.17) is 4.74 Å². The van der Waals surface area contributed by atoms with Crippen molar-refractivity contribution in [2.24, 2.45) is 17.8 Å². The van der Waals surface area contributed by atoms with Crippen LogP contribution in [0.4, 0.5) is 0 Å². The van der Waals surface area contributed by atoms with Gasteiger partial charge in [-0.25, -0.2) is 0 Å². The summed E-state index contributed by atoms with van der Waals surface area (Å²) in [4.78, 5) is 44.3. The molecule has 4 rings (SSSR count). The highest BCUT2D eigenvalue weighted by molar-refractivity contribution is 8.02. The fourth-order valence-corrected chi connectivity index (χ4v) is 8.49. The number of nitrogens with zero attached hydrogens (tertiary/aromatic N) is 2. The van der Waals surface area contributed by atoms with E-state index in [0.717, 1.165) is 38.9 Å². The number of likely N-dealkylation sites (tertiary alicyclic amines) is 1. The molecule has 0 aromatic heterocycles. The highest BCUT2D eigenvalue weighted by atomic mass is 32.2. The van der Waals surface area contributed by atoms with Gasteiger partial charge in [0.05, 0.1) is 42.4 Å². The van der Waals surface area contributed by atoms with E-state index < -0.39 is 28.7 Å². The Labute approximate surface area is 200 Å². The molecule has 9 nitrogen and oxygen atoms in total. The van der Waals surface area contributed by atoms with E-state index in [1.54, 1.807) is 23.7 Å². The van der Waals surface area contributed by atoms with Crippen molar-refractivity contribution in [3.05, 3.63) is 0 Å². The van der Waals surface area contributed by atoms with Gasteiger partial charge in [-0.15, -0.1) is 11.8 Å². The Morgan fingerprint density at radius 2 is 2.03 bits per heavy atom. The number of morpholine rings is 1. The van der Waals surface area contributed by atoms with Crippen molar-refractivity contribution >= 4 is 29.5 Å². The largest absolute Gasteiger partial charge is 0.394 e. The second-order valence-electron chi connectivity index (χ2n) is 9.80. The summed E-state index contributed by atoms with van der Waals surface area (Å²) in [6, 6.07) is -1.11. The predicted octanol–water partition coefficient (Wildman–Crippen LogP) is -0.321. The van der Waals surface area contributed by atoms with Crippen LogP contribution in [-0.2, 0) is 19.1 Å². The molecule has 4 fully saturated rings. The molecule has 0 aromatic carbocycles. The minimum absolute atomic E-state index is 0.0403. The molecular formula is C23H38N4O5S. The van der Waals surface area contributed by atoms with Gasteiger partial charge in [0.15, 0.2) is 0 Å². The summed E-state index contributed by atoms with van der Waals surface area (Å²) in [5.74, 6) is -1.33. The minimum Gasteiger partial charge on any atom is -0.394 e. The molecule has 186 valence electrons. The van der Waals surface area contributed by atoms with Gasteiger partial charge < -0.3 is 25.4 Å². The summed E-state index contributed by atoms with van der Waals surface area (Å²) in [6.45, 7) is 8.18. The topological polar surface area (TPSA) is 111 Å². The lowest BCUT2D eigenvalue weighted by Crippen LogP contribution is -2.58. The average molecular weight is 483 g/mol.